The predicted molar refractivity (Wildman–Crippen MR) is 73.3 cm³/mol. The number of nitriles is 1. The minimum absolute atomic E-state index is 0.397. The fourth-order valence-electron chi connectivity index (χ4n) is 1.64. The fraction of sp³-hybridized carbons (Fsp3) is 0.133. The highest BCUT2D eigenvalue weighted by atomic mass is 16.5. The molecule has 2 aromatic carbocycles. The molecule has 0 radical (unpaired) electrons. The zero-order valence-corrected chi connectivity index (χ0v) is 10.6. The molecule has 0 aliphatic rings. The van der Waals surface area contributed by atoms with Gasteiger partial charge in [0.15, 0.2) is 11.5 Å². The van der Waals surface area contributed by atoms with Gasteiger partial charge in [-0.05, 0) is 31.2 Å². The van der Waals surface area contributed by atoms with Crippen molar-refractivity contribution in [3.05, 3.63) is 48.0 Å². The number of ether oxygens (including phenoxy) is 2. The maximum atomic E-state index is 8.82. The van der Waals surface area contributed by atoms with Gasteiger partial charge in [-0.15, -0.1) is 0 Å². The van der Waals surface area contributed by atoms with Crippen molar-refractivity contribution in [2.24, 2.45) is 0 Å². The van der Waals surface area contributed by atoms with Crippen LogP contribution < -0.4 is 15.2 Å². The van der Waals surface area contributed by atoms with Crippen LogP contribution in [0.25, 0.3) is 0 Å². The molecule has 2 aromatic rings. The topological polar surface area (TPSA) is 68.3 Å². The Hall–Kier alpha value is -2.67. The summed E-state index contributed by atoms with van der Waals surface area (Å²) in [7, 11) is 0. The van der Waals surface area contributed by atoms with Crippen molar-refractivity contribution < 1.29 is 9.47 Å². The van der Waals surface area contributed by atoms with Crippen LogP contribution in [0.5, 0.6) is 17.2 Å². The van der Waals surface area contributed by atoms with Gasteiger partial charge in [0.1, 0.15) is 11.8 Å². The zero-order valence-electron chi connectivity index (χ0n) is 10.6. The summed E-state index contributed by atoms with van der Waals surface area (Å²) >= 11 is 0. The Labute approximate surface area is 112 Å². The van der Waals surface area contributed by atoms with Gasteiger partial charge in [0.25, 0.3) is 0 Å². The summed E-state index contributed by atoms with van der Waals surface area (Å²) in [5.74, 6) is 1.87. The van der Waals surface area contributed by atoms with Gasteiger partial charge in [0.05, 0.1) is 17.9 Å². The molecule has 0 aliphatic heterocycles. The first kappa shape index (κ1) is 12.8. The van der Waals surface area contributed by atoms with Gasteiger partial charge in [-0.1, -0.05) is 12.1 Å². The fourth-order valence-corrected chi connectivity index (χ4v) is 1.64. The lowest BCUT2D eigenvalue weighted by atomic mass is 10.2. The number of anilines is 1. The Bertz CT molecular complexity index is 618. The average molecular weight is 254 g/mol. The summed E-state index contributed by atoms with van der Waals surface area (Å²) in [5, 5.41) is 8.82. The van der Waals surface area contributed by atoms with E-state index in [-0.39, 0.29) is 0 Å². The highest BCUT2D eigenvalue weighted by Crippen LogP contribution is 2.32. The number of nitrogen functional groups attached to an aromatic ring is 1. The molecule has 4 heteroatoms. The zero-order chi connectivity index (χ0) is 13.7. The van der Waals surface area contributed by atoms with Crippen LogP contribution in [0.2, 0.25) is 0 Å². The molecule has 0 saturated carbocycles. The summed E-state index contributed by atoms with van der Waals surface area (Å²) in [5.41, 5.74) is 6.58. The maximum absolute atomic E-state index is 8.82. The lowest BCUT2D eigenvalue weighted by Gasteiger charge is -2.11. The minimum Gasteiger partial charge on any atom is -0.490 e. The van der Waals surface area contributed by atoms with Gasteiger partial charge in [-0.25, -0.2) is 0 Å². The molecule has 2 N–H and O–H groups in total. The standard InChI is InChI=1S/C15H14N2O2/c1-2-18-14-5-3-4-6-15(14)19-12-8-7-11(10-16)13(17)9-12/h3-9H,2,17H2,1H3. The second-order valence-corrected chi connectivity index (χ2v) is 3.84. The third kappa shape index (κ3) is 2.96. The van der Waals surface area contributed by atoms with Crippen molar-refractivity contribution in [1.82, 2.24) is 0 Å². The molecule has 0 atom stereocenters. The monoisotopic (exact) mass is 254 g/mol. The van der Waals surface area contributed by atoms with Crippen LogP contribution in [0.3, 0.4) is 0 Å². The molecular weight excluding hydrogens is 240 g/mol. The SMILES string of the molecule is CCOc1ccccc1Oc1ccc(C#N)c(N)c1. The average Bonchev–Trinajstić information content (AvgIpc) is 2.41. The number of rotatable bonds is 4. The van der Waals surface area contributed by atoms with E-state index in [1.807, 2.05) is 37.3 Å². The van der Waals surface area contributed by atoms with E-state index in [0.29, 0.717) is 35.1 Å². The number of hydrogen-bond donors (Lipinski definition) is 1. The van der Waals surface area contributed by atoms with Crippen LogP contribution in [0.4, 0.5) is 5.69 Å². The Balaban J connectivity index is 2.26. The van der Waals surface area contributed by atoms with Crippen molar-refractivity contribution in [3.63, 3.8) is 0 Å². The Morgan fingerprint density at radius 1 is 1.16 bits per heavy atom. The first-order chi connectivity index (χ1) is 9.24. The van der Waals surface area contributed by atoms with E-state index in [2.05, 4.69) is 0 Å². The molecule has 0 aliphatic carbocycles. The van der Waals surface area contributed by atoms with Gasteiger partial charge in [0, 0.05) is 6.07 Å². The molecule has 0 spiro atoms. The number of nitrogens with two attached hydrogens (primary N) is 1. The molecule has 96 valence electrons. The molecule has 0 aromatic heterocycles. The van der Waals surface area contributed by atoms with Gasteiger partial charge in [-0.2, -0.15) is 5.26 Å². The molecule has 0 amide bonds. The molecule has 0 bridgehead atoms. The quantitative estimate of drug-likeness (QED) is 0.850. The van der Waals surface area contributed by atoms with Crippen molar-refractivity contribution in [3.8, 4) is 23.3 Å². The molecule has 0 unspecified atom stereocenters. The van der Waals surface area contributed by atoms with Crippen LogP contribution in [-0.2, 0) is 0 Å². The first-order valence-corrected chi connectivity index (χ1v) is 5.94. The first-order valence-electron chi connectivity index (χ1n) is 5.94. The molecule has 0 saturated heterocycles. The van der Waals surface area contributed by atoms with E-state index >= 15 is 0 Å². The van der Waals surface area contributed by atoms with E-state index in [4.69, 9.17) is 20.5 Å². The lowest BCUT2D eigenvalue weighted by molar-refractivity contribution is 0.321. The molecule has 0 fully saturated rings. The second-order valence-electron chi connectivity index (χ2n) is 3.84. The molecule has 4 nitrogen and oxygen atoms in total. The molecular formula is C15H14N2O2. The predicted octanol–water partition coefficient (Wildman–Crippen LogP) is 3.33. The summed E-state index contributed by atoms with van der Waals surface area (Å²) in [6.45, 7) is 2.48. The maximum Gasteiger partial charge on any atom is 0.169 e. The number of para-hydroxylation sites is 2. The van der Waals surface area contributed by atoms with Crippen LogP contribution >= 0.6 is 0 Å². The van der Waals surface area contributed by atoms with E-state index in [0.717, 1.165) is 0 Å². The van der Waals surface area contributed by atoms with Crippen LogP contribution in [-0.4, -0.2) is 6.61 Å². The molecule has 2 rings (SSSR count). The summed E-state index contributed by atoms with van der Waals surface area (Å²) < 4.78 is 11.2. The van der Waals surface area contributed by atoms with Crippen LogP contribution in [0.1, 0.15) is 12.5 Å². The summed E-state index contributed by atoms with van der Waals surface area (Å²) in [6.07, 6.45) is 0. The van der Waals surface area contributed by atoms with Crippen molar-refractivity contribution in [1.29, 1.82) is 5.26 Å². The summed E-state index contributed by atoms with van der Waals surface area (Å²) in [6, 6.07) is 14.4. The Morgan fingerprint density at radius 3 is 2.53 bits per heavy atom. The van der Waals surface area contributed by atoms with Crippen LogP contribution in [0.15, 0.2) is 42.5 Å². The third-order valence-corrected chi connectivity index (χ3v) is 2.52. The number of benzene rings is 2. The van der Waals surface area contributed by atoms with Crippen molar-refractivity contribution in [2.45, 2.75) is 6.92 Å². The van der Waals surface area contributed by atoms with E-state index in [1.54, 1.807) is 18.2 Å². The normalized spacial score (nSPS) is 9.68. The smallest absolute Gasteiger partial charge is 0.169 e. The Kier molecular flexibility index (Phi) is 3.89. The molecule has 19 heavy (non-hydrogen) atoms. The number of hydrogen-bond acceptors (Lipinski definition) is 4. The Morgan fingerprint density at radius 2 is 1.89 bits per heavy atom. The largest absolute Gasteiger partial charge is 0.490 e. The van der Waals surface area contributed by atoms with Gasteiger partial charge in [0.2, 0.25) is 0 Å². The summed E-state index contributed by atoms with van der Waals surface area (Å²) in [4.78, 5) is 0. The van der Waals surface area contributed by atoms with E-state index in [9.17, 15) is 0 Å². The van der Waals surface area contributed by atoms with Gasteiger partial charge >= 0.3 is 0 Å². The van der Waals surface area contributed by atoms with E-state index in [1.165, 1.54) is 0 Å². The third-order valence-electron chi connectivity index (χ3n) is 2.52. The van der Waals surface area contributed by atoms with Gasteiger partial charge < -0.3 is 15.2 Å². The number of nitrogens with zero attached hydrogens (tertiary/aromatic N) is 1. The van der Waals surface area contributed by atoms with E-state index < -0.39 is 0 Å². The van der Waals surface area contributed by atoms with Crippen molar-refractivity contribution in [2.75, 3.05) is 12.3 Å². The molecule has 0 heterocycles. The van der Waals surface area contributed by atoms with Crippen molar-refractivity contribution >= 4 is 5.69 Å². The highest BCUT2D eigenvalue weighted by molar-refractivity contribution is 5.58. The minimum atomic E-state index is 0.397. The van der Waals surface area contributed by atoms with Crippen LogP contribution in [0, 0.1) is 11.3 Å². The lowest BCUT2D eigenvalue weighted by Crippen LogP contribution is -1.96. The second kappa shape index (κ2) is 5.78. The van der Waals surface area contributed by atoms with Gasteiger partial charge in [-0.3, -0.25) is 0 Å². The highest BCUT2D eigenvalue weighted by Gasteiger charge is 2.06.